The van der Waals surface area contributed by atoms with Crippen LogP contribution in [-0.2, 0) is 4.74 Å². The summed E-state index contributed by atoms with van der Waals surface area (Å²) in [4.78, 5) is 4.99. The van der Waals surface area contributed by atoms with E-state index >= 15 is 0 Å². The summed E-state index contributed by atoms with van der Waals surface area (Å²) in [6.45, 7) is 5.26. The van der Waals surface area contributed by atoms with Gasteiger partial charge in [-0.1, -0.05) is 80.9 Å². The zero-order chi connectivity index (χ0) is 17.9. The SMILES string of the molecule is CC(C)[C@H]1COC([C@@H]2CCCC2P(c2ccccc2)c2ccccc2)=N1. The molecule has 2 aromatic carbocycles. The Kier molecular flexibility index (Phi) is 5.41. The van der Waals surface area contributed by atoms with Crippen molar-refractivity contribution >= 4 is 24.4 Å². The van der Waals surface area contributed by atoms with E-state index in [0.717, 1.165) is 12.5 Å². The summed E-state index contributed by atoms with van der Waals surface area (Å²) in [5, 5.41) is 2.95. The van der Waals surface area contributed by atoms with Crippen LogP contribution in [0.25, 0.3) is 0 Å². The minimum absolute atomic E-state index is 0.339. The smallest absolute Gasteiger partial charge is 0.187 e. The zero-order valence-electron chi connectivity index (χ0n) is 15.7. The third kappa shape index (κ3) is 3.58. The Morgan fingerprint density at radius 3 is 2.08 bits per heavy atom. The quantitative estimate of drug-likeness (QED) is 0.701. The van der Waals surface area contributed by atoms with E-state index in [9.17, 15) is 0 Å². The second kappa shape index (κ2) is 7.92. The van der Waals surface area contributed by atoms with Gasteiger partial charge in [0.1, 0.15) is 6.61 Å². The average Bonchev–Trinajstić information content (AvgIpc) is 3.33. The van der Waals surface area contributed by atoms with Crippen LogP contribution < -0.4 is 10.6 Å². The molecule has 136 valence electrons. The second-order valence-corrected chi connectivity index (χ2v) is 10.2. The molecule has 0 saturated heterocycles. The number of hydrogen-bond acceptors (Lipinski definition) is 2. The molecule has 1 aliphatic carbocycles. The molecular formula is C23H28NOP. The van der Waals surface area contributed by atoms with Gasteiger partial charge in [-0.05, 0) is 42.9 Å². The first-order chi connectivity index (χ1) is 12.7. The first kappa shape index (κ1) is 17.7. The lowest BCUT2D eigenvalue weighted by atomic mass is 10.1. The molecule has 0 spiro atoms. The first-order valence-electron chi connectivity index (χ1n) is 9.84. The van der Waals surface area contributed by atoms with Crippen molar-refractivity contribution in [3.63, 3.8) is 0 Å². The van der Waals surface area contributed by atoms with Crippen molar-refractivity contribution in [2.75, 3.05) is 6.61 Å². The summed E-state index contributed by atoms with van der Waals surface area (Å²) >= 11 is 0. The third-order valence-corrected chi connectivity index (χ3v) is 8.65. The van der Waals surface area contributed by atoms with Crippen LogP contribution in [-0.4, -0.2) is 24.2 Å². The maximum absolute atomic E-state index is 6.12. The van der Waals surface area contributed by atoms with E-state index in [1.54, 1.807) is 0 Å². The standard InChI is InChI=1S/C23H28NOP/c1-17(2)21-16-25-23(24-21)20-14-9-15-22(20)26(18-10-5-3-6-11-18)19-12-7-4-8-13-19/h3-8,10-13,17,20-22H,9,14-16H2,1-2H3/t20-,21-,22?/m1/s1. The lowest BCUT2D eigenvalue weighted by Crippen LogP contribution is -2.29. The highest BCUT2D eigenvalue weighted by Crippen LogP contribution is 2.51. The number of hydrogen-bond donors (Lipinski definition) is 0. The maximum atomic E-state index is 6.12. The minimum Gasteiger partial charge on any atom is -0.478 e. The van der Waals surface area contributed by atoms with E-state index in [-0.39, 0.29) is 0 Å². The van der Waals surface area contributed by atoms with E-state index < -0.39 is 7.92 Å². The molecular weight excluding hydrogens is 337 g/mol. The van der Waals surface area contributed by atoms with Crippen molar-refractivity contribution < 1.29 is 4.74 Å². The van der Waals surface area contributed by atoms with Crippen LogP contribution in [0.5, 0.6) is 0 Å². The van der Waals surface area contributed by atoms with E-state index in [1.807, 2.05) is 0 Å². The Balaban J connectivity index is 1.68. The molecule has 1 heterocycles. The largest absolute Gasteiger partial charge is 0.478 e. The van der Waals surface area contributed by atoms with Crippen molar-refractivity contribution in [1.29, 1.82) is 0 Å². The molecule has 0 N–H and O–H groups in total. The third-order valence-electron chi connectivity index (χ3n) is 5.66. The molecule has 4 rings (SSSR count). The van der Waals surface area contributed by atoms with Gasteiger partial charge in [0.15, 0.2) is 5.90 Å². The van der Waals surface area contributed by atoms with Crippen molar-refractivity contribution in [1.82, 2.24) is 0 Å². The monoisotopic (exact) mass is 365 g/mol. The van der Waals surface area contributed by atoms with Gasteiger partial charge in [0.05, 0.1) is 6.04 Å². The van der Waals surface area contributed by atoms with Crippen LogP contribution in [0.3, 0.4) is 0 Å². The van der Waals surface area contributed by atoms with Gasteiger partial charge in [-0.15, -0.1) is 0 Å². The van der Waals surface area contributed by atoms with Crippen LogP contribution in [0.1, 0.15) is 33.1 Å². The zero-order valence-corrected chi connectivity index (χ0v) is 16.6. The molecule has 0 bridgehead atoms. The van der Waals surface area contributed by atoms with Crippen LogP contribution >= 0.6 is 7.92 Å². The number of nitrogens with zero attached hydrogens (tertiary/aromatic N) is 1. The summed E-state index contributed by atoms with van der Waals surface area (Å²) in [5.41, 5.74) is 0.625. The molecule has 0 amide bonds. The van der Waals surface area contributed by atoms with Gasteiger partial charge < -0.3 is 4.74 Å². The van der Waals surface area contributed by atoms with E-state index in [1.165, 1.54) is 29.9 Å². The lowest BCUT2D eigenvalue weighted by molar-refractivity contribution is 0.277. The topological polar surface area (TPSA) is 21.6 Å². The van der Waals surface area contributed by atoms with E-state index in [4.69, 9.17) is 9.73 Å². The molecule has 1 fully saturated rings. The molecule has 1 aliphatic heterocycles. The molecule has 0 radical (unpaired) electrons. The van der Waals surface area contributed by atoms with E-state index in [0.29, 0.717) is 23.5 Å². The highest BCUT2D eigenvalue weighted by atomic mass is 31.1. The molecule has 0 aromatic heterocycles. The summed E-state index contributed by atoms with van der Waals surface area (Å²) in [7, 11) is -0.398. The predicted octanol–water partition coefficient (Wildman–Crippen LogP) is 4.74. The molecule has 2 nitrogen and oxygen atoms in total. The van der Waals surface area contributed by atoms with Crippen molar-refractivity contribution in [3.05, 3.63) is 60.7 Å². The molecule has 2 aromatic rings. The fraction of sp³-hybridized carbons (Fsp3) is 0.435. The Morgan fingerprint density at radius 1 is 0.923 bits per heavy atom. The molecule has 26 heavy (non-hydrogen) atoms. The summed E-state index contributed by atoms with van der Waals surface area (Å²) in [6.07, 6.45) is 3.77. The predicted molar refractivity (Wildman–Crippen MR) is 112 cm³/mol. The van der Waals surface area contributed by atoms with Gasteiger partial charge >= 0.3 is 0 Å². The Labute approximate surface area is 158 Å². The summed E-state index contributed by atoms with van der Waals surface area (Å²) < 4.78 is 6.12. The van der Waals surface area contributed by atoms with Crippen molar-refractivity contribution in [3.8, 4) is 0 Å². The van der Waals surface area contributed by atoms with E-state index in [2.05, 4.69) is 74.5 Å². The number of benzene rings is 2. The van der Waals surface area contributed by atoms with Crippen LogP contribution in [0.4, 0.5) is 0 Å². The summed E-state index contributed by atoms with van der Waals surface area (Å²) in [5.74, 6) is 2.08. The molecule has 3 atom stereocenters. The number of ether oxygens (including phenoxy) is 1. The minimum atomic E-state index is -0.398. The van der Waals surface area contributed by atoms with Gasteiger partial charge in [-0.25, -0.2) is 4.99 Å². The van der Waals surface area contributed by atoms with Crippen LogP contribution in [0.2, 0.25) is 0 Å². The highest BCUT2D eigenvalue weighted by Gasteiger charge is 2.40. The Hall–Kier alpha value is -1.66. The first-order valence-corrected chi connectivity index (χ1v) is 11.2. The maximum Gasteiger partial charge on any atom is 0.187 e. The fourth-order valence-corrected chi connectivity index (χ4v) is 7.33. The fourth-order valence-electron chi connectivity index (χ4n) is 4.20. The average molecular weight is 365 g/mol. The van der Waals surface area contributed by atoms with Crippen LogP contribution in [0, 0.1) is 11.8 Å². The Morgan fingerprint density at radius 2 is 1.54 bits per heavy atom. The molecule has 3 heteroatoms. The van der Waals surface area contributed by atoms with Gasteiger partial charge in [0, 0.05) is 5.92 Å². The molecule has 2 aliphatic rings. The number of aliphatic imine (C=N–C) groups is 1. The van der Waals surface area contributed by atoms with Gasteiger partial charge in [0.25, 0.3) is 0 Å². The second-order valence-electron chi connectivity index (χ2n) is 7.74. The van der Waals surface area contributed by atoms with Gasteiger partial charge in [-0.3, -0.25) is 0 Å². The Bertz CT molecular complexity index is 704. The highest BCUT2D eigenvalue weighted by molar-refractivity contribution is 7.73. The normalized spacial score (nSPS) is 25.5. The molecule has 1 saturated carbocycles. The number of rotatable bonds is 5. The molecule has 1 unspecified atom stereocenters. The van der Waals surface area contributed by atoms with Crippen molar-refractivity contribution in [2.45, 2.75) is 44.8 Å². The van der Waals surface area contributed by atoms with Crippen molar-refractivity contribution in [2.24, 2.45) is 16.8 Å². The summed E-state index contributed by atoms with van der Waals surface area (Å²) in [6, 6.07) is 22.5. The lowest BCUT2D eigenvalue weighted by Gasteiger charge is -2.29. The van der Waals surface area contributed by atoms with Gasteiger partial charge in [-0.2, -0.15) is 0 Å². The van der Waals surface area contributed by atoms with Crippen LogP contribution in [0.15, 0.2) is 65.7 Å². The van der Waals surface area contributed by atoms with Gasteiger partial charge in [0.2, 0.25) is 0 Å².